The molecule has 0 spiro atoms. The molecule has 75 heavy (non-hydrogen) atoms. The summed E-state index contributed by atoms with van der Waals surface area (Å²) in [6.45, 7) is 4.94. The third-order valence-electron chi connectivity index (χ3n) is 16.3. The largest absolute Gasteiger partial charge is 0.466 e. The molecule has 0 saturated carbocycles. The molecular weight excluding hydrogens is 923 g/mol. The molecule has 0 aliphatic carbocycles. The molecule has 0 aromatic heterocycles. The van der Waals surface area contributed by atoms with E-state index in [9.17, 15) is 19.8 Å². The minimum atomic E-state index is -0.850. The third-order valence-corrected chi connectivity index (χ3v) is 16.3. The first-order valence-corrected chi connectivity index (χ1v) is 34.5. The quantitative estimate of drug-likeness (QED) is 0.0320. The number of allylic oxidation sites excluding steroid dienone is 1. The Hall–Kier alpha value is -1.40. The monoisotopic (exact) mass is 1060 g/mol. The molecule has 3 N–H and O–H groups in total. The zero-order valence-electron chi connectivity index (χ0n) is 51.1. The van der Waals surface area contributed by atoms with Crippen molar-refractivity contribution in [2.75, 3.05) is 13.2 Å². The first-order chi connectivity index (χ1) is 37.0. The fourth-order valence-electron chi connectivity index (χ4n) is 11.1. The maximum absolute atomic E-state index is 12.5. The molecule has 0 bridgehead atoms. The number of carbonyl (C=O) groups excluding carboxylic acids is 2. The van der Waals surface area contributed by atoms with Crippen molar-refractivity contribution in [1.29, 1.82) is 0 Å². The number of rotatable bonds is 65. The second kappa shape index (κ2) is 65.1. The van der Waals surface area contributed by atoms with Crippen LogP contribution in [0.25, 0.3) is 0 Å². The average Bonchev–Trinajstić information content (AvgIpc) is 3.41. The number of hydrogen-bond donors (Lipinski definition) is 3. The zero-order valence-corrected chi connectivity index (χ0v) is 51.1. The SMILES string of the molecule is CCCCCCCCCCCCCCCCCCCCCCCCC/C=C/C(O)C(CO)NC(=O)CCCCCCCCCCCCCCCCCCOC(=O)CCCCCCCCCCCCCCCCCCC. The van der Waals surface area contributed by atoms with Gasteiger partial charge in [0.25, 0.3) is 0 Å². The summed E-state index contributed by atoms with van der Waals surface area (Å²) in [5.74, 6) is -0.0620. The summed E-state index contributed by atoms with van der Waals surface area (Å²) >= 11 is 0. The van der Waals surface area contributed by atoms with Crippen molar-refractivity contribution in [3.05, 3.63) is 12.2 Å². The van der Waals surface area contributed by atoms with Crippen molar-refractivity contribution in [1.82, 2.24) is 5.32 Å². The number of nitrogens with one attached hydrogen (secondary N) is 1. The van der Waals surface area contributed by atoms with E-state index in [2.05, 4.69) is 19.2 Å². The second-order valence-electron chi connectivity index (χ2n) is 23.9. The van der Waals surface area contributed by atoms with E-state index in [1.807, 2.05) is 6.08 Å². The smallest absolute Gasteiger partial charge is 0.305 e. The Morgan fingerprint density at radius 2 is 0.613 bits per heavy atom. The van der Waals surface area contributed by atoms with Crippen LogP contribution < -0.4 is 5.32 Å². The lowest BCUT2D eigenvalue weighted by molar-refractivity contribution is -0.143. The Labute approximate surface area is 469 Å². The van der Waals surface area contributed by atoms with Crippen LogP contribution in [0.1, 0.15) is 393 Å². The first-order valence-electron chi connectivity index (χ1n) is 34.5. The number of carbonyl (C=O) groups is 2. The van der Waals surface area contributed by atoms with E-state index in [0.717, 1.165) is 44.9 Å². The van der Waals surface area contributed by atoms with Crippen LogP contribution in [-0.2, 0) is 14.3 Å². The molecule has 2 atom stereocenters. The van der Waals surface area contributed by atoms with Gasteiger partial charge >= 0.3 is 5.97 Å². The van der Waals surface area contributed by atoms with Crippen LogP contribution >= 0.6 is 0 Å². The Kier molecular flexibility index (Phi) is 63.9. The van der Waals surface area contributed by atoms with Crippen LogP contribution in [0.15, 0.2) is 12.2 Å². The summed E-state index contributed by atoms with van der Waals surface area (Å²) in [4.78, 5) is 24.6. The molecule has 0 aliphatic rings. The number of aliphatic hydroxyl groups is 2. The molecule has 0 radical (unpaired) electrons. The molecule has 0 aromatic carbocycles. The van der Waals surface area contributed by atoms with Gasteiger partial charge in [0.1, 0.15) is 0 Å². The summed E-state index contributed by atoms with van der Waals surface area (Å²) < 4.78 is 5.50. The normalized spacial score (nSPS) is 12.5. The van der Waals surface area contributed by atoms with Gasteiger partial charge in [0.05, 0.1) is 25.4 Å². The first kappa shape index (κ1) is 73.6. The molecule has 6 nitrogen and oxygen atoms in total. The van der Waals surface area contributed by atoms with Gasteiger partial charge in [0.2, 0.25) is 5.91 Å². The third kappa shape index (κ3) is 61.7. The Morgan fingerprint density at radius 3 is 0.907 bits per heavy atom. The summed E-state index contributed by atoms with van der Waals surface area (Å²) in [6.07, 6.45) is 79.9. The number of ether oxygens (including phenoxy) is 1. The van der Waals surface area contributed by atoms with Gasteiger partial charge in [-0.3, -0.25) is 9.59 Å². The fourth-order valence-corrected chi connectivity index (χ4v) is 11.1. The molecule has 0 saturated heterocycles. The maximum atomic E-state index is 12.5. The fraction of sp³-hybridized carbons (Fsp3) is 0.942. The summed E-state index contributed by atoms with van der Waals surface area (Å²) in [6, 6.07) is -0.634. The van der Waals surface area contributed by atoms with Gasteiger partial charge in [0, 0.05) is 12.8 Å². The highest BCUT2D eigenvalue weighted by atomic mass is 16.5. The maximum Gasteiger partial charge on any atom is 0.305 e. The molecule has 446 valence electrons. The molecule has 0 aromatic rings. The molecule has 0 rings (SSSR count). The lowest BCUT2D eigenvalue weighted by atomic mass is 10.0. The molecule has 0 aliphatic heterocycles. The van der Waals surface area contributed by atoms with Gasteiger partial charge in [-0.05, 0) is 32.1 Å². The van der Waals surface area contributed by atoms with Gasteiger partial charge in [-0.2, -0.15) is 0 Å². The summed E-state index contributed by atoms with van der Waals surface area (Å²) in [5, 5.41) is 23.3. The van der Waals surface area contributed by atoms with Crippen molar-refractivity contribution >= 4 is 11.9 Å². The number of esters is 1. The van der Waals surface area contributed by atoms with Gasteiger partial charge in [-0.1, -0.05) is 360 Å². The molecule has 1 amide bonds. The van der Waals surface area contributed by atoms with Crippen molar-refractivity contribution in [2.24, 2.45) is 0 Å². The highest BCUT2D eigenvalue weighted by Gasteiger charge is 2.18. The predicted molar refractivity (Wildman–Crippen MR) is 329 cm³/mol. The lowest BCUT2D eigenvalue weighted by Crippen LogP contribution is -2.45. The van der Waals surface area contributed by atoms with Crippen LogP contribution in [0.4, 0.5) is 0 Å². The minimum Gasteiger partial charge on any atom is -0.466 e. The molecule has 2 unspecified atom stereocenters. The second-order valence-corrected chi connectivity index (χ2v) is 23.9. The standard InChI is InChI=1S/C69H135NO5/c1-3-5-7-9-11-13-15-17-19-21-22-23-24-25-26-27-28-30-33-37-41-45-49-53-57-61-67(72)66(65-71)70-68(73)62-58-54-50-46-42-38-34-31-32-36-40-44-48-52-56-60-64-75-69(74)63-59-55-51-47-43-39-35-29-20-18-16-14-12-10-8-6-4-2/h57,61,66-67,71-72H,3-56,58-60,62-65H2,1-2H3,(H,70,73)/b61-57+. The van der Waals surface area contributed by atoms with E-state index in [-0.39, 0.29) is 18.5 Å². The van der Waals surface area contributed by atoms with Gasteiger partial charge in [-0.15, -0.1) is 0 Å². The Balaban J connectivity index is 3.43. The van der Waals surface area contributed by atoms with Crippen LogP contribution in [-0.4, -0.2) is 47.4 Å². The zero-order chi connectivity index (χ0) is 54.3. The van der Waals surface area contributed by atoms with Crippen molar-refractivity contribution in [3.8, 4) is 0 Å². The Morgan fingerprint density at radius 1 is 0.360 bits per heavy atom. The Bertz CT molecular complexity index is 1130. The van der Waals surface area contributed by atoms with Crippen molar-refractivity contribution in [3.63, 3.8) is 0 Å². The van der Waals surface area contributed by atoms with Gasteiger partial charge < -0.3 is 20.3 Å². The molecule has 0 heterocycles. The highest BCUT2D eigenvalue weighted by Crippen LogP contribution is 2.19. The van der Waals surface area contributed by atoms with Gasteiger partial charge in [0.15, 0.2) is 0 Å². The van der Waals surface area contributed by atoms with Crippen molar-refractivity contribution < 1.29 is 24.5 Å². The molecular formula is C69H135NO5. The topological polar surface area (TPSA) is 95.9 Å². The number of amides is 1. The minimum absolute atomic E-state index is 0.00753. The summed E-state index contributed by atoms with van der Waals surface area (Å²) in [5.41, 5.74) is 0. The lowest BCUT2D eigenvalue weighted by Gasteiger charge is -2.20. The number of aliphatic hydroxyl groups excluding tert-OH is 2. The number of hydrogen-bond acceptors (Lipinski definition) is 5. The average molecular weight is 1060 g/mol. The molecule has 0 fully saturated rings. The van der Waals surface area contributed by atoms with E-state index in [1.54, 1.807) is 6.08 Å². The predicted octanol–water partition coefficient (Wildman–Crippen LogP) is 22.0. The van der Waals surface area contributed by atoms with E-state index < -0.39 is 12.1 Å². The van der Waals surface area contributed by atoms with Crippen molar-refractivity contribution in [2.45, 2.75) is 405 Å². The van der Waals surface area contributed by atoms with E-state index in [1.165, 1.54) is 321 Å². The van der Waals surface area contributed by atoms with Gasteiger partial charge in [-0.25, -0.2) is 0 Å². The highest BCUT2D eigenvalue weighted by molar-refractivity contribution is 5.76. The molecule has 6 heteroatoms. The van der Waals surface area contributed by atoms with E-state index >= 15 is 0 Å². The summed E-state index contributed by atoms with van der Waals surface area (Å²) in [7, 11) is 0. The van der Waals surface area contributed by atoms with Crippen LogP contribution in [0.3, 0.4) is 0 Å². The number of unbranched alkanes of at least 4 members (excludes halogenated alkanes) is 54. The van der Waals surface area contributed by atoms with E-state index in [4.69, 9.17) is 4.74 Å². The van der Waals surface area contributed by atoms with Crippen LogP contribution in [0.5, 0.6) is 0 Å². The van der Waals surface area contributed by atoms with Crippen LogP contribution in [0, 0.1) is 0 Å². The van der Waals surface area contributed by atoms with E-state index in [0.29, 0.717) is 19.4 Å². The van der Waals surface area contributed by atoms with Crippen LogP contribution in [0.2, 0.25) is 0 Å².